The Bertz CT molecular complexity index is 384. The molecule has 0 aliphatic rings. The Morgan fingerprint density at radius 3 is 2.58 bits per heavy atom. The van der Waals surface area contributed by atoms with Crippen molar-refractivity contribution in [2.75, 3.05) is 6.61 Å². The molecule has 0 saturated heterocycles. The predicted octanol–water partition coefficient (Wildman–Crippen LogP) is 3.58. The van der Waals surface area contributed by atoms with Gasteiger partial charge in [0, 0.05) is 11.8 Å². The summed E-state index contributed by atoms with van der Waals surface area (Å²) in [6.07, 6.45) is 5.16. The second-order valence-electron chi connectivity index (χ2n) is 4.95. The first-order chi connectivity index (χ1) is 9.15. The lowest BCUT2D eigenvalue weighted by molar-refractivity contribution is 0.0133. The molecule has 1 rings (SSSR count). The van der Waals surface area contributed by atoms with E-state index in [1.54, 1.807) is 6.08 Å². The fourth-order valence-electron chi connectivity index (χ4n) is 1.92. The lowest BCUT2D eigenvalue weighted by Gasteiger charge is -2.22. The van der Waals surface area contributed by atoms with Gasteiger partial charge < -0.3 is 9.84 Å². The molecular formula is C17H24O2. The van der Waals surface area contributed by atoms with E-state index >= 15 is 0 Å². The van der Waals surface area contributed by atoms with Crippen LogP contribution in [-0.4, -0.2) is 17.8 Å². The van der Waals surface area contributed by atoms with E-state index in [0.717, 1.165) is 5.56 Å². The van der Waals surface area contributed by atoms with E-state index in [9.17, 15) is 5.11 Å². The molecule has 104 valence electrons. The van der Waals surface area contributed by atoms with E-state index in [1.165, 1.54) is 0 Å². The highest BCUT2D eigenvalue weighted by Gasteiger charge is 2.19. The summed E-state index contributed by atoms with van der Waals surface area (Å²) < 4.78 is 5.65. The van der Waals surface area contributed by atoms with Crippen LogP contribution < -0.4 is 0 Å². The minimum Gasteiger partial charge on any atom is -0.392 e. The normalized spacial score (nSPS) is 16.2. The molecule has 0 unspecified atom stereocenters. The summed E-state index contributed by atoms with van der Waals surface area (Å²) in [5.41, 5.74) is 1.16. The van der Waals surface area contributed by atoms with Crippen molar-refractivity contribution < 1.29 is 9.84 Å². The Hall–Kier alpha value is -1.38. The van der Waals surface area contributed by atoms with Gasteiger partial charge in [0.15, 0.2) is 0 Å². The van der Waals surface area contributed by atoms with E-state index in [0.29, 0.717) is 13.2 Å². The van der Waals surface area contributed by atoms with Crippen LogP contribution in [0.15, 0.2) is 55.1 Å². The topological polar surface area (TPSA) is 29.5 Å². The predicted molar refractivity (Wildman–Crippen MR) is 79.8 cm³/mol. The lowest BCUT2D eigenvalue weighted by atomic mass is 9.93. The summed E-state index contributed by atoms with van der Waals surface area (Å²) in [4.78, 5) is 0. The van der Waals surface area contributed by atoms with Crippen LogP contribution in [-0.2, 0) is 11.3 Å². The van der Waals surface area contributed by atoms with Gasteiger partial charge >= 0.3 is 0 Å². The maximum absolute atomic E-state index is 10.1. The molecule has 3 atom stereocenters. The van der Waals surface area contributed by atoms with Crippen LogP contribution in [0.5, 0.6) is 0 Å². The fourth-order valence-corrected chi connectivity index (χ4v) is 1.92. The Balaban J connectivity index is 2.32. The van der Waals surface area contributed by atoms with Crippen molar-refractivity contribution in [3.8, 4) is 0 Å². The molecule has 1 aromatic carbocycles. The van der Waals surface area contributed by atoms with Gasteiger partial charge in [-0.1, -0.05) is 69.0 Å². The number of benzene rings is 1. The standard InChI is InChI=1S/C17H24O2/c1-4-5-9-14(2)17(18)15(3)12-19-13-16-10-7-6-8-11-16/h4-11,14-15,17-18H,1,12-13H2,2-3H3/b9-5+/t14-,15-,17-/m0/s1. The molecule has 1 aromatic rings. The highest BCUT2D eigenvalue weighted by molar-refractivity contribution is 5.13. The fraction of sp³-hybridized carbons (Fsp3) is 0.412. The van der Waals surface area contributed by atoms with Crippen LogP contribution >= 0.6 is 0 Å². The van der Waals surface area contributed by atoms with Gasteiger partial charge in [-0.25, -0.2) is 0 Å². The largest absolute Gasteiger partial charge is 0.392 e. The number of hydrogen-bond acceptors (Lipinski definition) is 2. The Morgan fingerprint density at radius 1 is 1.26 bits per heavy atom. The van der Waals surface area contributed by atoms with E-state index < -0.39 is 6.10 Å². The molecule has 1 N–H and O–H groups in total. The van der Waals surface area contributed by atoms with Crippen molar-refractivity contribution in [1.82, 2.24) is 0 Å². The van der Waals surface area contributed by atoms with Crippen LogP contribution in [0, 0.1) is 11.8 Å². The summed E-state index contributed by atoms with van der Waals surface area (Å²) >= 11 is 0. The quantitative estimate of drug-likeness (QED) is 0.724. The van der Waals surface area contributed by atoms with Crippen molar-refractivity contribution in [2.45, 2.75) is 26.6 Å². The molecule has 0 spiro atoms. The third-order valence-electron chi connectivity index (χ3n) is 3.16. The zero-order chi connectivity index (χ0) is 14.1. The Kier molecular flexibility index (Phi) is 7.16. The summed E-state index contributed by atoms with van der Waals surface area (Å²) in [6, 6.07) is 10.1. The number of rotatable bonds is 8. The highest BCUT2D eigenvalue weighted by Crippen LogP contribution is 2.15. The maximum Gasteiger partial charge on any atom is 0.0717 e. The molecule has 0 aromatic heterocycles. The van der Waals surface area contributed by atoms with Crippen LogP contribution in [0.4, 0.5) is 0 Å². The van der Waals surface area contributed by atoms with Crippen molar-refractivity contribution in [2.24, 2.45) is 11.8 Å². The third-order valence-corrected chi connectivity index (χ3v) is 3.16. The van der Waals surface area contributed by atoms with Gasteiger partial charge in [0.1, 0.15) is 0 Å². The summed E-state index contributed by atoms with van der Waals surface area (Å²) in [7, 11) is 0. The molecule has 2 heteroatoms. The van der Waals surface area contributed by atoms with Crippen LogP contribution in [0.2, 0.25) is 0 Å². The first kappa shape index (κ1) is 15.7. The number of aliphatic hydroxyl groups excluding tert-OH is 1. The number of allylic oxidation sites excluding steroid dienone is 2. The van der Waals surface area contributed by atoms with Gasteiger partial charge in [0.25, 0.3) is 0 Å². The molecule has 0 bridgehead atoms. The number of hydrogen-bond donors (Lipinski definition) is 1. The van der Waals surface area contributed by atoms with Gasteiger partial charge in [0.2, 0.25) is 0 Å². The molecule has 0 aliphatic carbocycles. The van der Waals surface area contributed by atoms with Crippen molar-refractivity contribution >= 4 is 0 Å². The highest BCUT2D eigenvalue weighted by atomic mass is 16.5. The minimum atomic E-state index is -0.396. The monoisotopic (exact) mass is 260 g/mol. The summed E-state index contributed by atoms with van der Waals surface area (Å²) in [5.74, 6) is 0.210. The summed E-state index contributed by atoms with van der Waals surface area (Å²) in [6.45, 7) is 8.78. The molecule has 0 saturated carbocycles. The molecule has 0 aliphatic heterocycles. The average Bonchev–Trinajstić information content (AvgIpc) is 2.44. The van der Waals surface area contributed by atoms with E-state index in [4.69, 9.17) is 4.74 Å². The average molecular weight is 260 g/mol. The minimum absolute atomic E-state index is 0.105. The SMILES string of the molecule is C=C/C=C/[C@H](C)[C@H](O)[C@@H](C)COCc1ccccc1. The molecule has 2 nitrogen and oxygen atoms in total. The van der Waals surface area contributed by atoms with Crippen LogP contribution in [0.3, 0.4) is 0 Å². The Labute approximate surface area is 116 Å². The zero-order valence-electron chi connectivity index (χ0n) is 11.8. The Morgan fingerprint density at radius 2 is 1.95 bits per heavy atom. The molecule has 0 heterocycles. The third kappa shape index (κ3) is 5.86. The first-order valence-corrected chi connectivity index (χ1v) is 6.74. The second kappa shape index (κ2) is 8.68. The molecule has 19 heavy (non-hydrogen) atoms. The van der Waals surface area contributed by atoms with E-state index in [-0.39, 0.29) is 11.8 Å². The summed E-state index contributed by atoms with van der Waals surface area (Å²) in [5, 5.41) is 10.1. The molecule has 0 fully saturated rings. The number of ether oxygens (including phenoxy) is 1. The first-order valence-electron chi connectivity index (χ1n) is 6.74. The van der Waals surface area contributed by atoms with Gasteiger partial charge in [-0.15, -0.1) is 0 Å². The molecule has 0 radical (unpaired) electrons. The van der Waals surface area contributed by atoms with Gasteiger partial charge in [-0.3, -0.25) is 0 Å². The van der Waals surface area contributed by atoms with Gasteiger partial charge in [0.05, 0.1) is 19.3 Å². The van der Waals surface area contributed by atoms with Gasteiger partial charge in [-0.2, -0.15) is 0 Å². The van der Waals surface area contributed by atoms with Crippen LogP contribution in [0.1, 0.15) is 19.4 Å². The van der Waals surface area contributed by atoms with Crippen molar-refractivity contribution in [1.29, 1.82) is 0 Å². The molecule has 0 amide bonds. The van der Waals surface area contributed by atoms with Crippen molar-refractivity contribution in [3.63, 3.8) is 0 Å². The van der Waals surface area contributed by atoms with Crippen molar-refractivity contribution in [3.05, 3.63) is 60.7 Å². The smallest absolute Gasteiger partial charge is 0.0717 e. The second-order valence-corrected chi connectivity index (χ2v) is 4.95. The van der Waals surface area contributed by atoms with Gasteiger partial charge in [-0.05, 0) is 5.56 Å². The van der Waals surface area contributed by atoms with Crippen LogP contribution in [0.25, 0.3) is 0 Å². The zero-order valence-corrected chi connectivity index (χ0v) is 11.8. The molecular weight excluding hydrogens is 236 g/mol. The van der Waals surface area contributed by atoms with E-state index in [1.807, 2.05) is 56.3 Å². The number of aliphatic hydroxyl groups is 1. The lowest BCUT2D eigenvalue weighted by Crippen LogP contribution is -2.27. The van der Waals surface area contributed by atoms with E-state index in [2.05, 4.69) is 6.58 Å². The maximum atomic E-state index is 10.1.